The lowest BCUT2D eigenvalue weighted by atomic mass is 10.2. The lowest BCUT2D eigenvalue weighted by Crippen LogP contribution is -2.27. The molecule has 0 heterocycles. The molecule has 0 spiro atoms. The first-order valence-corrected chi connectivity index (χ1v) is 4.57. The molecule has 0 aliphatic carbocycles. The van der Waals surface area contributed by atoms with E-state index in [-0.39, 0.29) is 17.9 Å². The summed E-state index contributed by atoms with van der Waals surface area (Å²) >= 11 is 0. The molecule has 86 valence electrons. The molecule has 0 fully saturated rings. The smallest absolute Gasteiger partial charge is 0.440 e. The zero-order valence-electron chi connectivity index (χ0n) is 8.60. The monoisotopic (exact) mass is 225 g/mol. The van der Waals surface area contributed by atoms with Gasteiger partial charge in [0.15, 0.2) is 0 Å². The normalized spacial score (nSPS) is 9.31. The van der Waals surface area contributed by atoms with Crippen molar-refractivity contribution in [1.29, 1.82) is 0 Å². The average Bonchev–Trinajstić information content (AvgIpc) is 2.27. The minimum Gasteiger partial charge on any atom is -0.507 e. The largest absolute Gasteiger partial charge is 0.507 e. The predicted molar refractivity (Wildman–Crippen MR) is 53.7 cm³/mol. The van der Waals surface area contributed by atoms with Gasteiger partial charge >= 0.3 is 12.1 Å². The Balaban J connectivity index is 2.54. The number of hydrogen-bond acceptors (Lipinski definition) is 5. The molecule has 0 atom stereocenters. The molecule has 6 heteroatoms. The molecule has 1 rings (SSSR count). The molecule has 2 N–H and O–H groups in total. The highest BCUT2D eigenvalue weighted by Crippen LogP contribution is 2.15. The molecular formula is C10H11NO5. The van der Waals surface area contributed by atoms with Crippen LogP contribution in [-0.2, 0) is 9.57 Å². The molecule has 1 aromatic carbocycles. The van der Waals surface area contributed by atoms with E-state index in [1.807, 2.05) is 0 Å². The maximum absolute atomic E-state index is 11.3. The van der Waals surface area contributed by atoms with E-state index in [2.05, 4.69) is 9.57 Å². The molecule has 0 aromatic heterocycles. The van der Waals surface area contributed by atoms with E-state index in [9.17, 15) is 14.7 Å². The van der Waals surface area contributed by atoms with Crippen LogP contribution in [0.1, 0.15) is 17.3 Å². The average molecular weight is 225 g/mol. The van der Waals surface area contributed by atoms with Crippen LogP contribution < -0.4 is 5.48 Å². The van der Waals surface area contributed by atoms with Crippen molar-refractivity contribution in [3.05, 3.63) is 29.8 Å². The first kappa shape index (κ1) is 11.8. The number of nitrogens with one attached hydrogen (secondary N) is 1. The highest BCUT2D eigenvalue weighted by molar-refractivity contribution is 5.92. The molecular weight excluding hydrogens is 214 g/mol. The van der Waals surface area contributed by atoms with Crippen LogP contribution in [0.15, 0.2) is 24.3 Å². The summed E-state index contributed by atoms with van der Waals surface area (Å²) in [7, 11) is 0. The molecule has 0 saturated heterocycles. The molecule has 1 amide bonds. The van der Waals surface area contributed by atoms with Crippen molar-refractivity contribution in [2.75, 3.05) is 6.61 Å². The van der Waals surface area contributed by atoms with Crippen LogP contribution in [0.3, 0.4) is 0 Å². The van der Waals surface area contributed by atoms with Gasteiger partial charge in [0.2, 0.25) is 0 Å². The second kappa shape index (κ2) is 5.59. The number of hydrogen-bond donors (Lipinski definition) is 2. The number of rotatable bonds is 2. The molecule has 0 saturated carbocycles. The molecule has 0 aliphatic rings. The number of para-hydroxylation sites is 1. The number of hydroxylamine groups is 1. The molecule has 0 bridgehead atoms. The Hall–Kier alpha value is -2.24. The topological polar surface area (TPSA) is 84.9 Å². The standard InChI is InChI=1S/C10H11NO5/c1-2-15-10(14)11-16-9(13)7-5-3-4-6-8(7)12/h3-6,12H,2H2,1H3,(H,11,14). The van der Waals surface area contributed by atoms with Gasteiger partial charge in [0.25, 0.3) is 0 Å². The third-order valence-electron chi connectivity index (χ3n) is 1.63. The summed E-state index contributed by atoms with van der Waals surface area (Å²) in [5.74, 6) is -1.09. The van der Waals surface area contributed by atoms with Gasteiger partial charge in [-0.15, -0.1) is 5.48 Å². The third-order valence-corrected chi connectivity index (χ3v) is 1.63. The number of carbonyl (C=O) groups excluding carboxylic acids is 2. The van der Waals surface area contributed by atoms with Crippen LogP contribution >= 0.6 is 0 Å². The minimum atomic E-state index is -0.869. The quantitative estimate of drug-likeness (QED) is 0.739. The summed E-state index contributed by atoms with van der Waals surface area (Å²) < 4.78 is 4.47. The number of ether oxygens (including phenoxy) is 1. The van der Waals surface area contributed by atoms with Crippen molar-refractivity contribution in [3.63, 3.8) is 0 Å². The summed E-state index contributed by atoms with van der Waals surface area (Å²) in [5, 5.41) is 9.30. The SMILES string of the molecule is CCOC(=O)NOC(=O)c1ccccc1O. The second-order valence-corrected chi connectivity index (χ2v) is 2.73. The van der Waals surface area contributed by atoms with E-state index >= 15 is 0 Å². The number of benzene rings is 1. The van der Waals surface area contributed by atoms with Crippen molar-refractivity contribution in [2.24, 2.45) is 0 Å². The Bertz CT molecular complexity index is 391. The molecule has 0 aliphatic heterocycles. The summed E-state index contributed by atoms with van der Waals surface area (Å²) in [4.78, 5) is 26.5. The lowest BCUT2D eigenvalue weighted by Gasteiger charge is -2.06. The molecule has 1 aromatic rings. The van der Waals surface area contributed by atoms with Gasteiger partial charge in [-0.25, -0.2) is 9.59 Å². The van der Waals surface area contributed by atoms with Crippen LogP contribution in [0.2, 0.25) is 0 Å². The van der Waals surface area contributed by atoms with Crippen LogP contribution in [0.5, 0.6) is 5.75 Å². The zero-order chi connectivity index (χ0) is 12.0. The van der Waals surface area contributed by atoms with Crippen molar-refractivity contribution < 1.29 is 24.3 Å². The van der Waals surface area contributed by atoms with Crippen LogP contribution in [-0.4, -0.2) is 23.8 Å². The summed E-state index contributed by atoms with van der Waals surface area (Å²) in [6.45, 7) is 1.78. The van der Waals surface area contributed by atoms with Crippen molar-refractivity contribution >= 4 is 12.1 Å². The Kier molecular flexibility index (Phi) is 4.14. The zero-order valence-corrected chi connectivity index (χ0v) is 8.60. The molecule has 0 unspecified atom stereocenters. The van der Waals surface area contributed by atoms with Gasteiger partial charge in [0, 0.05) is 0 Å². The van der Waals surface area contributed by atoms with Gasteiger partial charge in [-0.3, -0.25) is 0 Å². The van der Waals surface area contributed by atoms with Gasteiger partial charge in [0.1, 0.15) is 11.3 Å². The number of amides is 1. The third kappa shape index (κ3) is 3.16. The van der Waals surface area contributed by atoms with Crippen molar-refractivity contribution in [2.45, 2.75) is 6.92 Å². The summed E-state index contributed by atoms with van der Waals surface area (Å²) in [6.07, 6.45) is -0.869. The fourth-order valence-electron chi connectivity index (χ4n) is 0.950. The highest BCUT2D eigenvalue weighted by Gasteiger charge is 2.13. The van der Waals surface area contributed by atoms with Crippen LogP contribution in [0, 0.1) is 0 Å². The Labute approximate surface area is 91.7 Å². The van der Waals surface area contributed by atoms with E-state index in [4.69, 9.17) is 0 Å². The van der Waals surface area contributed by atoms with Gasteiger partial charge in [-0.1, -0.05) is 12.1 Å². The summed E-state index contributed by atoms with van der Waals surface area (Å²) in [6, 6.07) is 5.82. The van der Waals surface area contributed by atoms with E-state index < -0.39 is 12.1 Å². The second-order valence-electron chi connectivity index (χ2n) is 2.73. The first-order valence-electron chi connectivity index (χ1n) is 4.57. The first-order chi connectivity index (χ1) is 7.65. The van der Waals surface area contributed by atoms with Crippen LogP contribution in [0.25, 0.3) is 0 Å². The van der Waals surface area contributed by atoms with E-state index in [0.29, 0.717) is 0 Å². The summed E-state index contributed by atoms with van der Waals surface area (Å²) in [5.41, 5.74) is 1.74. The van der Waals surface area contributed by atoms with E-state index in [1.165, 1.54) is 12.1 Å². The van der Waals surface area contributed by atoms with E-state index in [1.54, 1.807) is 24.5 Å². The molecule has 0 radical (unpaired) electrons. The Morgan fingerprint density at radius 3 is 2.69 bits per heavy atom. The fourth-order valence-corrected chi connectivity index (χ4v) is 0.950. The Morgan fingerprint density at radius 2 is 2.06 bits per heavy atom. The van der Waals surface area contributed by atoms with Gasteiger partial charge in [-0.05, 0) is 19.1 Å². The maximum atomic E-state index is 11.3. The number of phenols is 1. The van der Waals surface area contributed by atoms with E-state index in [0.717, 1.165) is 0 Å². The van der Waals surface area contributed by atoms with Gasteiger partial charge < -0.3 is 14.7 Å². The number of carbonyl (C=O) groups is 2. The van der Waals surface area contributed by atoms with Gasteiger partial charge in [0.05, 0.1) is 6.61 Å². The van der Waals surface area contributed by atoms with Gasteiger partial charge in [-0.2, -0.15) is 0 Å². The molecule has 6 nitrogen and oxygen atoms in total. The highest BCUT2D eigenvalue weighted by atomic mass is 16.7. The number of aromatic hydroxyl groups is 1. The minimum absolute atomic E-state index is 0.0423. The Morgan fingerprint density at radius 1 is 1.38 bits per heavy atom. The van der Waals surface area contributed by atoms with Crippen LogP contribution in [0.4, 0.5) is 4.79 Å². The number of phenolic OH excluding ortho intramolecular Hbond substituents is 1. The molecule has 16 heavy (non-hydrogen) atoms. The van der Waals surface area contributed by atoms with Crippen molar-refractivity contribution in [1.82, 2.24) is 5.48 Å². The van der Waals surface area contributed by atoms with Crippen molar-refractivity contribution in [3.8, 4) is 5.75 Å². The maximum Gasteiger partial charge on any atom is 0.440 e. The lowest BCUT2D eigenvalue weighted by molar-refractivity contribution is 0.0212. The fraction of sp³-hybridized carbons (Fsp3) is 0.200. The predicted octanol–water partition coefficient (Wildman–Crippen LogP) is 1.21.